The molecule has 0 bridgehead atoms. The predicted octanol–water partition coefficient (Wildman–Crippen LogP) is 13.8. The number of carbonyl (C=O) groups excluding carboxylic acids is 5. The van der Waals surface area contributed by atoms with Crippen LogP contribution < -0.4 is 0 Å². The van der Waals surface area contributed by atoms with Gasteiger partial charge in [0.1, 0.15) is 24.2 Å². The van der Waals surface area contributed by atoms with Crippen LogP contribution in [0.2, 0.25) is 0 Å². The lowest BCUT2D eigenvalue weighted by molar-refractivity contribution is -0.188. The molecule has 0 N–H and O–H groups in total. The van der Waals surface area contributed by atoms with E-state index in [0.717, 1.165) is 70.6 Å². The third kappa shape index (κ3) is 26.8. The van der Waals surface area contributed by atoms with Gasteiger partial charge in [-0.3, -0.25) is 24.0 Å². The van der Waals surface area contributed by atoms with Gasteiger partial charge >= 0.3 is 29.8 Å². The molecular formula is C53H88N2O12. The van der Waals surface area contributed by atoms with Crippen molar-refractivity contribution in [3.63, 3.8) is 0 Å². The van der Waals surface area contributed by atoms with E-state index in [2.05, 4.69) is 11.9 Å². The third-order valence-electron chi connectivity index (χ3n) is 11.9. The number of unbranched alkanes of at least 4 members (excludes halogenated alkanes) is 20. The summed E-state index contributed by atoms with van der Waals surface area (Å²) in [5.41, 5.74) is 0.139. The number of oxazole rings is 2. The van der Waals surface area contributed by atoms with Crippen LogP contribution in [-0.2, 0) is 47.7 Å². The van der Waals surface area contributed by atoms with Crippen LogP contribution in [0.15, 0.2) is 27.7 Å². The number of ether oxygens (including phenoxy) is 5. The maximum atomic E-state index is 13.5. The maximum absolute atomic E-state index is 13.5. The van der Waals surface area contributed by atoms with E-state index in [4.69, 9.17) is 37.5 Å². The molecule has 0 fully saturated rings. The van der Waals surface area contributed by atoms with Crippen LogP contribution >= 0.6 is 0 Å². The number of rotatable bonds is 42. The Balaban J connectivity index is 2.37. The summed E-state index contributed by atoms with van der Waals surface area (Å²) in [6.45, 7) is 12.0. The van der Waals surface area contributed by atoms with Gasteiger partial charge in [0.2, 0.25) is 12.0 Å². The van der Waals surface area contributed by atoms with Gasteiger partial charge in [0, 0.05) is 38.5 Å². The van der Waals surface area contributed by atoms with Gasteiger partial charge in [0.15, 0.2) is 24.4 Å². The van der Waals surface area contributed by atoms with Gasteiger partial charge in [-0.15, -0.1) is 0 Å². The monoisotopic (exact) mass is 945 g/mol. The van der Waals surface area contributed by atoms with Gasteiger partial charge in [-0.05, 0) is 39.0 Å². The van der Waals surface area contributed by atoms with Gasteiger partial charge < -0.3 is 32.5 Å². The zero-order valence-electron chi connectivity index (χ0n) is 42.3. The van der Waals surface area contributed by atoms with Crippen molar-refractivity contribution in [2.45, 2.75) is 271 Å². The Kier molecular flexibility index (Phi) is 33.2. The average molecular weight is 945 g/mol. The Bertz CT molecular complexity index is 1590. The summed E-state index contributed by atoms with van der Waals surface area (Å²) < 4.78 is 41.6. The first-order valence-corrected chi connectivity index (χ1v) is 26.4. The Morgan fingerprint density at radius 1 is 0.493 bits per heavy atom. The summed E-state index contributed by atoms with van der Waals surface area (Å²) in [4.78, 5) is 75.5. The number of carbonyl (C=O) groups is 5. The first kappa shape index (κ1) is 58.9. The average Bonchev–Trinajstić information content (AvgIpc) is 4.03. The molecule has 14 nitrogen and oxygen atoms in total. The molecule has 2 aromatic heterocycles. The summed E-state index contributed by atoms with van der Waals surface area (Å²) in [7, 11) is 0. The molecule has 2 heterocycles. The smallest absolute Gasteiger partial charge is 0.307 e. The number of hydrogen-bond acceptors (Lipinski definition) is 14. The Labute approximate surface area is 402 Å². The van der Waals surface area contributed by atoms with Crippen molar-refractivity contribution in [3.8, 4) is 0 Å². The van der Waals surface area contributed by atoms with Crippen molar-refractivity contribution in [2.75, 3.05) is 0 Å². The lowest BCUT2D eigenvalue weighted by Gasteiger charge is -2.32. The quantitative estimate of drug-likeness (QED) is 0.0348. The fourth-order valence-corrected chi connectivity index (χ4v) is 7.86. The number of esters is 5. The van der Waals surface area contributed by atoms with Gasteiger partial charge in [-0.25, -0.2) is 9.97 Å². The van der Waals surface area contributed by atoms with Gasteiger partial charge in [-0.2, -0.15) is 0 Å². The van der Waals surface area contributed by atoms with E-state index in [1.165, 1.54) is 76.6 Å². The largest absolute Gasteiger partial charge is 0.459 e. The minimum atomic E-state index is -1.25. The molecule has 0 amide bonds. The molecule has 14 heteroatoms. The maximum Gasteiger partial charge on any atom is 0.307 e. The molecule has 0 aromatic carbocycles. The lowest BCUT2D eigenvalue weighted by atomic mass is 10.00. The molecular weight excluding hydrogens is 857 g/mol. The number of nitrogens with zero attached hydrogens (tertiary/aromatic N) is 2. The molecule has 2 aromatic rings. The molecule has 0 saturated heterocycles. The summed E-state index contributed by atoms with van der Waals surface area (Å²) >= 11 is 0. The molecule has 5 atom stereocenters. The van der Waals surface area contributed by atoms with Crippen LogP contribution in [0.4, 0.5) is 0 Å². The first-order chi connectivity index (χ1) is 32.6. The Morgan fingerprint density at radius 3 is 1.37 bits per heavy atom. The Hall–Kier alpha value is -4.23. The minimum absolute atomic E-state index is 0.0427. The minimum Gasteiger partial charge on any atom is -0.459 e. The highest BCUT2D eigenvalue weighted by molar-refractivity contribution is 5.72. The van der Waals surface area contributed by atoms with Crippen LogP contribution in [0.1, 0.15) is 270 Å². The molecule has 0 aliphatic heterocycles. The standard InChI is InChI=1S/C53H88N2O12/c1-7-12-17-18-19-20-21-22-23-24-25-26-31-36-50(60)67-52(45-38-54-40-62-45)53-55-42(39-61-53)43(64-47(57)33-28-14-9-3)37-44(65-48(58)34-29-15-10-4)51(66-49(59)35-30-16-11-5)41(6)63-46(56)32-27-13-8-2/h38-41,43-44,51-52H,7-37H2,1-6H3. The highest BCUT2D eigenvalue weighted by Crippen LogP contribution is 2.33. The van der Waals surface area contributed by atoms with Crippen molar-refractivity contribution in [1.82, 2.24) is 9.97 Å². The van der Waals surface area contributed by atoms with Crippen LogP contribution in [-0.4, -0.2) is 58.1 Å². The zero-order valence-corrected chi connectivity index (χ0v) is 42.3. The van der Waals surface area contributed by atoms with E-state index in [0.29, 0.717) is 32.1 Å². The molecule has 2 rings (SSSR count). The molecule has 0 aliphatic rings. The van der Waals surface area contributed by atoms with E-state index >= 15 is 0 Å². The first-order valence-electron chi connectivity index (χ1n) is 26.4. The topological polar surface area (TPSA) is 184 Å². The zero-order chi connectivity index (χ0) is 48.9. The van der Waals surface area contributed by atoms with Crippen molar-refractivity contribution in [1.29, 1.82) is 0 Å². The number of hydrogen-bond donors (Lipinski definition) is 0. The number of aromatic nitrogens is 2. The summed E-state index contributed by atoms with van der Waals surface area (Å²) in [5, 5.41) is 0. The van der Waals surface area contributed by atoms with E-state index in [9.17, 15) is 24.0 Å². The lowest BCUT2D eigenvalue weighted by Crippen LogP contribution is -2.45. The molecule has 67 heavy (non-hydrogen) atoms. The van der Waals surface area contributed by atoms with E-state index in [-0.39, 0.29) is 55.9 Å². The Morgan fingerprint density at radius 2 is 0.896 bits per heavy atom. The fraction of sp³-hybridized carbons (Fsp3) is 0.792. The third-order valence-corrected chi connectivity index (χ3v) is 11.9. The normalized spacial score (nSPS) is 13.6. The summed E-state index contributed by atoms with van der Waals surface area (Å²) in [5.74, 6) is -2.38. The second-order valence-electron chi connectivity index (χ2n) is 18.1. The molecule has 0 radical (unpaired) electrons. The summed E-state index contributed by atoms with van der Waals surface area (Å²) in [6, 6.07) is 0. The van der Waals surface area contributed by atoms with Crippen LogP contribution in [0.25, 0.3) is 0 Å². The summed E-state index contributed by atoms with van der Waals surface area (Å²) in [6.07, 6.45) is 23.2. The van der Waals surface area contributed by atoms with Crippen molar-refractivity contribution < 1.29 is 56.5 Å². The van der Waals surface area contributed by atoms with E-state index in [1.807, 2.05) is 27.7 Å². The molecule has 0 spiro atoms. The SMILES string of the molecule is CCCCCCCCCCCCCCCC(=O)OC(c1cnco1)c1nc(C(CC(OC(=O)CCCCC)C(OC(=O)CCCCC)C(C)OC(=O)CCCCC)OC(=O)CCCCC)co1. The fourth-order valence-electron chi connectivity index (χ4n) is 7.86. The van der Waals surface area contributed by atoms with Gasteiger partial charge in [0.25, 0.3) is 0 Å². The van der Waals surface area contributed by atoms with Crippen LogP contribution in [0, 0.1) is 0 Å². The van der Waals surface area contributed by atoms with Gasteiger partial charge in [-0.1, -0.05) is 163 Å². The molecule has 0 saturated carbocycles. The molecule has 0 aliphatic carbocycles. The van der Waals surface area contributed by atoms with Crippen molar-refractivity contribution >= 4 is 29.8 Å². The van der Waals surface area contributed by atoms with E-state index < -0.39 is 60.4 Å². The highest BCUT2D eigenvalue weighted by atomic mass is 16.6. The molecule has 5 unspecified atom stereocenters. The second-order valence-corrected chi connectivity index (χ2v) is 18.1. The van der Waals surface area contributed by atoms with E-state index in [1.54, 1.807) is 6.92 Å². The van der Waals surface area contributed by atoms with Crippen LogP contribution in [0.3, 0.4) is 0 Å². The van der Waals surface area contributed by atoms with Gasteiger partial charge in [0.05, 0.1) is 6.20 Å². The predicted molar refractivity (Wildman–Crippen MR) is 257 cm³/mol. The molecule has 382 valence electrons. The van der Waals surface area contributed by atoms with Crippen molar-refractivity contribution in [3.05, 3.63) is 36.2 Å². The van der Waals surface area contributed by atoms with Crippen molar-refractivity contribution in [2.24, 2.45) is 0 Å². The van der Waals surface area contributed by atoms with Crippen LogP contribution in [0.5, 0.6) is 0 Å². The second kappa shape index (κ2) is 37.7. The highest BCUT2D eigenvalue weighted by Gasteiger charge is 2.40.